The molecule has 3 aromatic rings. The second kappa shape index (κ2) is 8.56. The molecule has 0 radical (unpaired) electrons. The predicted octanol–water partition coefficient (Wildman–Crippen LogP) is 2.75. The maximum absolute atomic E-state index is 13.4. The summed E-state index contributed by atoms with van der Waals surface area (Å²) in [7, 11) is 0. The molecule has 0 aliphatic carbocycles. The van der Waals surface area contributed by atoms with Gasteiger partial charge in [0, 0.05) is 37.6 Å². The highest BCUT2D eigenvalue weighted by Gasteiger charge is 2.42. The molecule has 0 bridgehead atoms. The molecule has 0 spiro atoms. The van der Waals surface area contributed by atoms with Gasteiger partial charge in [-0.1, -0.05) is 20.8 Å². The van der Waals surface area contributed by atoms with Gasteiger partial charge in [0.25, 0.3) is 5.91 Å². The number of amides is 2. The lowest BCUT2D eigenvalue weighted by Gasteiger charge is -2.33. The molecule has 1 aliphatic rings. The number of nitrogens with zero attached hydrogens (tertiary/aromatic N) is 6. The van der Waals surface area contributed by atoms with Crippen LogP contribution in [0.3, 0.4) is 0 Å². The molecular formula is C24H30N8O2. The number of nitrogens with one attached hydrogen (secondary N) is 2. The SMILES string of the molecule is CCn1cc(-c2cnc3[nH]cc(C(=O)NC(C(=O)N4CC[C@@](C)(C#N)C4)C(C)(C)C)c3n2)cn1. The summed E-state index contributed by atoms with van der Waals surface area (Å²) in [6.45, 7) is 11.2. The number of H-pyrrole nitrogens is 1. The molecule has 178 valence electrons. The molecule has 10 nitrogen and oxygen atoms in total. The lowest BCUT2D eigenvalue weighted by molar-refractivity contribution is -0.135. The van der Waals surface area contributed by atoms with Gasteiger partial charge < -0.3 is 15.2 Å². The number of hydrogen-bond donors (Lipinski definition) is 2. The lowest BCUT2D eigenvalue weighted by atomic mass is 9.85. The van der Waals surface area contributed by atoms with Gasteiger partial charge in [-0.25, -0.2) is 9.97 Å². The van der Waals surface area contributed by atoms with E-state index in [9.17, 15) is 14.9 Å². The van der Waals surface area contributed by atoms with E-state index in [4.69, 9.17) is 0 Å². The van der Waals surface area contributed by atoms with Crippen molar-refractivity contribution in [1.29, 1.82) is 5.26 Å². The first kappa shape index (κ1) is 23.4. The van der Waals surface area contributed by atoms with Crippen molar-refractivity contribution >= 4 is 23.0 Å². The normalized spacial score (nSPS) is 19.2. The van der Waals surface area contributed by atoms with E-state index < -0.39 is 22.8 Å². The summed E-state index contributed by atoms with van der Waals surface area (Å²) in [5.41, 5.74) is 1.56. The molecule has 34 heavy (non-hydrogen) atoms. The Morgan fingerprint density at radius 2 is 2.12 bits per heavy atom. The van der Waals surface area contributed by atoms with Crippen LogP contribution in [0.15, 0.2) is 24.8 Å². The molecule has 3 aromatic heterocycles. The number of rotatable bonds is 5. The molecule has 1 unspecified atom stereocenters. The van der Waals surface area contributed by atoms with Gasteiger partial charge in [-0.15, -0.1) is 0 Å². The Morgan fingerprint density at radius 1 is 1.35 bits per heavy atom. The van der Waals surface area contributed by atoms with E-state index in [2.05, 4.69) is 31.4 Å². The zero-order valence-corrected chi connectivity index (χ0v) is 20.2. The van der Waals surface area contributed by atoms with Crippen molar-refractivity contribution in [2.75, 3.05) is 13.1 Å². The van der Waals surface area contributed by atoms with Crippen LogP contribution in [0.1, 0.15) is 51.4 Å². The molecule has 4 heterocycles. The number of aromatic nitrogens is 5. The molecule has 1 aliphatic heterocycles. The molecule has 10 heteroatoms. The molecule has 1 saturated heterocycles. The van der Waals surface area contributed by atoms with E-state index in [-0.39, 0.29) is 5.91 Å². The Morgan fingerprint density at radius 3 is 2.74 bits per heavy atom. The van der Waals surface area contributed by atoms with Crippen LogP contribution in [0.2, 0.25) is 0 Å². The van der Waals surface area contributed by atoms with Crippen LogP contribution in [-0.4, -0.2) is 60.6 Å². The van der Waals surface area contributed by atoms with E-state index in [1.165, 1.54) is 0 Å². The van der Waals surface area contributed by atoms with Crippen molar-refractivity contribution < 1.29 is 9.59 Å². The van der Waals surface area contributed by atoms with Gasteiger partial charge >= 0.3 is 0 Å². The fraction of sp³-hybridized carbons (Fsp3) is 0.500. The highest BCUT2D eigenvalue weighted by molar-refractivity contribution is 6.06. The summed E-state index contributed by atoms with van der Waals surface area (Å²) in [4.78, 5) is 40.5. The average molecular weight is 463 g/mol. The first-order valence-corrected chi connectivity index (χ1v) is 11.4. The number of aromatic amines is 1. The number of fused-ring (bicyclic) bond motifs is 1. The van der Waals surface area contributed by atoms with Gasteiger partial charge in [0.2, 0.25) is 5.91 Å². The van der Waals surface area contributed by atoms with Crippen LogP contribution < -0.4 is 5.32 Å². The standard InChI is InChI=1S/C24H30N8O2/c1-6-32-12-15(9-28-32)17-11-27-20-18(29-17)16(10-26-20)21(33)30-19(23(2,3)4)22(34)31-8-7-24(5,13-25)14-31/h9-12,19H,6-8,14H2,1-5H3,(H,26,27)(H,30,33)/t19?,24-/m0/s1. The van der Waals surface area contributed by atoms with Crippen molar-refractivity contribution in [2.24, 2.45) is 10.8 Å². The van der Waals surface area contributed by atoms with E-state index >= 15 is 0 Å². The molecular weight excluding hydrogens is 432 g/mol. The van der Waals surface area contributed by atoms with Crippen LogP contribution in [0.25, 0.3) is 22.4 Å². The average Bonchev–Trinajstić information content (AvgIpc) is 3.54. The van der Waals surface area contributed by atoms with E-state index in [0.717, 1.165) is 12.1 Å². The molecule has 4 rings (SSSR count). The molecule has 1 fully saturated rings. The molecule has 2 N–H and O–H groups in total. The monoisotopic (exact) mass is 462 g/mol. The molecule has 0 saturated carbocycles. The first-order valence-electron chi connectivity index (χ1n) is 11.4. The van der Waals surface area contributed by atoms with Gasteiger partial charge in [0.15, 0.2) is 5.65 Å². The zero-order chi connectivity index (χ0) is 24.7. The summed E-state index contributed by atoms with van der Waals surface area (Å²) in [5.74, 6) is -0.587. The van der Waals surface area contributed by atoms with E-state index in [1.54, 1.807) is 28.2 Å². The van der Waals surface area contributed by atoms with Crippen molar-refractivity contribution in [3.63, 3.8) is 0 Å². The lowest BCUT2D eigenvalue weighted by Crippen LogP contribution is -2.54. The fourth-order valence-corrected chi connectivity index (χ4v) is 4.15. The smallest absolute Gasteiger partial charge is 0.255 e. The minimum atomic E-state index is -0.759. The largest absolute Gasteiger partial charge is 0.344 e. The summed E-state index contributed by atoms with van der Waals surface area (Å²) in [5, 5.41) is 16.6. The van der Waals surface area contributed by atoms with Crippen LogP contribution in [-0.2, 0) is 11.3 Å². The number of nitriles is 1. The number of hydrogen-bond acceptors (Lipinski definition) is 6. The third-order valence-electron chi connectivity index (χ3n) is 6.32. The van der Waals surface area contributed by atoms with Gasteiger partial charge in [0.05, 0.1) is 35.1 Å². The maximum Gasteiger partial charge on any atom is 0.255 e. The Hall–Kier alpha value is -3.74. The van der Waals surface area contributed by atoms with Crippen LogP contribution in [0.5, 0.6) is 0 Å². The second-order valence-corrected chi connectivity index (χ2v) is 10.2. The van der Waals surface area contributed by atoms with Crippen molar-refractivity contribution in [1.82, 2.24) is 34.9 Å². The van der Waals surface area contributed by atoms with Gasteiger partial charge in [-0.2, -0.15) is 10.4 Å². The zero-order valence-electron chi connectivity index (χ0n) is 20.2. The summed E-state index contributed by atoms with van der Waals surface area (Å²) < 4.78 is 1.79. The van der Waals surface area contributed by atoms with E-state index in [0.29, 0.717) is 41.9 Å². The third-order valence-corrected chi connectivity index (χ3v) is 6.32. The number of carbonyl (C=O) groups excluding carboxylic acids is 2. The number of aryl methyl sites for hydroxylation is 1. The van der Waals surface area contributed by atoms with Gasteiger partial charge in [-0.05, 0) is 25.7 Å². The van der Waals surface area contributed by atoms with Crippen LogP contribution in [0, 0.1) is 22.2 Å². The maximum atomic E-state index is 13.4. The minimum Gasteiger partial charge on any atom is -0.344 e. The quantitative estimate of drug-likeness (QED) is 0.599. The number of carbonyl (C=O) groups is 2. The van der Waals surface area contributed by atoms with E-state index in [1.807, 2.05) is 40.8 Å². The Balaban J connectivity index is 1.60. The summed E-state index contributed by atoms with van der Waals surface area (Å²) in [6, 6.07) is 1.54. The Kier molecular flexibility index (Phi) is 5.89. The van der Waals surface area contributed by atoms with Gasteiger partial charge in [-0.3, -0.25) is 14.3 Å². The van der Waals surface area contributed by atoms with Crippen LogP contribution >= 0.6 is 0 Å². The molecule has 2 atom stereocenters. The van der Waals surface area contributed by atoms with Crippen molar-refractivity contribution in [3.8, 4) is 17.3 Å². The molecule has 2 amide bonds. The van der Waals surface area contributed by atoms with Crippen molar-refractivity contribution in [2.45, 2.75) is 53.6 Å². The summed E-state index contributed by atoms with van der Waals surface area (Å²) in [6.07, 6.45) is 7.41. The Labute approximate surface area is 198 Å². The Bertz CT molecular complexity index is 1280. The number of likely N-dealkylation sites (tertiary alicyclic amines) is 1. The molecule has 0 aromatic carbocycles. The highest BCUT2D eigenvalue weighted by Crippen LogP contribution is 2.31. The minimum absolute atomic E-state index is 0.182. The fourth-order valence-electron chi connectivity index (χ4n) is 4.15. The van der Waals surface area contributed by atoms with Gasteiger partial charge in [0.1, 0.15) is 11.6 Å². The first-order chi connectivity index (χ1) is 16.0. The van der Waals surface area contributed by atoms with Crippen LogP contribution in [0.4, 0.5) is 0 Å². The third kappa shape index (κ3) is 4.38. The predicted molar refractivity (Wildman–Crippen MR) is 126 cm³/mol. The summed E-state index contributed by atoms with van der Waals surface area (Å²) >= 11 is 0. The van der Waals surface area contributed by atoms with Crippen molar-refractivity contribution in [3.05, 3.63) is 30.4 Å². The highest BCUT2D eigenvalue weighted by atomic mass is 16.2. The second-order valence-electron chi connectivity index (χ2n) is 10.2. The topological polar surface area (TPSA) is 133 Å².